The van der Waals surface area contributed by atoms with Crippen LogP contribution in [0.15, 0.2) is 0 Å². The second kappa shape index (κ2) is 9.59. The zero-order valence-corrected chi connectivity index (χ0v) is 11.9. The molecule has 4 nitrogen and oxygen atoms in total. The summed E-state index contributed by atoms with van der Waals surface area (Å²) in [6, 6.07) is 0. The molecule has 1 amide bonds. The Labute approximate surface area is 114 Å². The lowest BCUT2D eigenvalue weighted by Gasteiger charge is -2.30. The lowest BCUT2D eigenvalue weighted by atomic mass is 9.80. The van der Waals surface area contributed by atoms with Gasteiger partial charge in [0.15, 0.2) is 0 Å². The summed E-state index contributed by atoms with van der Waals surface area (Å²) in [6.45, 7) is 1.81. The van der Waals surface area contributed by atoms with Crippen molar-refractivity contribution in [3.63, 3.8) is 0 Å². The van der Waals surface area contributed by atoms with E-state index in [1.165, 1.54) is 25.7 Å². The molecule has 1 fully saturated rings. The molecule has 0 aromatic heterocycles. The molecular weight excluding hydrogens is 254 g/mol. The molecule has 0 aromatic carbocycles. The molecular formula is C13H24ClNO3. The number of methoxy groups -OCH3 is 1. The van der Waals surface area contributed by atoms with Gasteiger partial charge in [0.1, 0.15) is 6.61 Å². The molecule has 18 heavy (non-hydrogen) atoms. The summed E-state index contributed by atoms with van der Waals surface area (Å²) in [5.41, 5.74) is 0. The maximum absolute atomic E-state index is 11.5. The van der Waals surface area contributed by atoms with Gasteiger partial charge in [-0.25, -0.2) is 0 Å². The van der Waals surface area contributed by atoms with E-state index >= 15 is 0 Å². The SMILES string of the molecule is COCCOCC(=O)NCC1CCCCC1CCl. The van der Waals surface area contributed by atoms with E-state index in [0.717, 1.165) is 6.54 Å². The Hall–Kier alpha value is -0.320. The average molecular weight is 278 g/mol. The number of nitrogens with one attached hydrogen (secondary N) is 1. The van der Waals surface area contributed by atoms with Gasteiger partial charge >= 0.3 is 0 Å². The Morgan fingerprint density at radius 2 is 2.00 bits per heavy atom. The summed E-state index contributed by atoms with van der Waals surface area (Å²) in [7, 11) is 1.61. The Bertz CT molecular complexity index is 238. The van der Waals surface area contributed by atoms with Crippen LogP contribution in [0.4, 0.5) is 0 Å². The van der Waals surface area contributed by atoms with Crippen LogP contribution < -0.4 is 5.32 Å². The molecule has 2 unspecified atom stereocenters. The largest absolute Gasteiger partial charge is 0.382 e. The van der Waals surface area contributed by atoms with Crippen molar-refractivity contribution in [2.75, 3.05) is 39.4 Å². The van der Waals surface area contributed by atoms with Crippen LogP contribution in [-0.2, 0) is 14.3 Å². The van der Waals surface area contributed by atoms with Crippen LogP contribution in [0.3, 0.4) is 0 Å². The van der Waals surface area contributed by atoms with E-state index in [2.05, 4.69) is 5.32 Å². The highest BCUT2D eigenvalue weighted by Gasteiger charge is 2.24. The fourth-order valence-electron chi connectivity index (χ4n) is 2.36. The van der Waals surface area contributed by atoms with Gasteiger partial charge in [0.2, 0.25) is 5.91 Å². The maximum Gasteiger partial charge on any atom is 0.246 e. The summed E-state index contributed by atoms with van der Waals surface area (Å²) < 4.78 is 10.0. The van der Waals surface area contributed by atoms with E-state index in [-0.39, 0.29) is 12.5 Å². The summed E-state index contributed by atoms with van der Waals surface area (Å²) in [4.78, 5) is 11.5. The summed E-state index contributed by atoms with van der Waals surface area (Å²) >= 11 is 5.96. The van der Waals surface area contributed by atoms with Gasteiger partial charge in [-0.1, -0.05) is 12.8 Å². The first-order valence-corrected chi connectivity index (χ1v) is 7.20. The zero-order valence-electron chi connectivity index (χ0n) is 11.1. The van der Waals surface area contributed by atoms with Crippen molar-refractivity contribution in [2.24, 2.45) is 11.8 Å². The van der Waals surface area contributed by atoms with Crippen molar-refractivity contribution in [3.8, 4) is 0 Å². The van der Waals surface area contributed by atoms with E-state index in [0.29, 0.717) is 30.9 Å². The van der Waals surface area contributed by atoms with Gasteiger partial charge in [0.05, 0.1) is 13.2 Å². The molecule has 0 spiro atoms. The molecule has 5 heteroatoms. The van der Waals surface area contributed by atoms with Crippen molar-refractivity contribution >= 4 is 17.5 Å². The van der Waals surface area contributed by atoms with Gasteiger partial charge in [-0.2, -0.15) is 0 Å². The summed E-state index contributed by atoms with van der Waals surface area (Å²) in [5.74, 6) is 1.73. The van der Waals surface area contributed by atoms with Crippen molar-refractivity contribution in [2.45, 2.75) is 25.7 Å². The van der Waals surface area contributed by atoms with E-state index in [4.69, 9.17) is 21.1 Å². The van der Waals surface area contributed by atoms with Crippen LogP contribution in [0.2, 0.25) is 0 Å². The average Bonchev–Trinajstić information content (AvgIpc) is 2.41. The van der Waals surface area contributed by atoms with Gasteiger partial charge in [-0.15, -0.1) is 11.6 Å². The van der Waals surface area contributed by atoms with Crippen molar-refractivity contribution in [3.05, 3.63) is 0 Å². The summed E-state index contributed by atoms with van der Waals surface area (Å²) in [6.07, 6.45) is 4.87. The minimum Gasteiger partial charge on any atom is -0.382 e. The third-order valence-electron chi connectivity index (χ3n) is 3.49. The number of alkyl halides is 1. The highest BCUT2D eigenvalue weighted by atomic mass is 35.5. The van der Waals surface area contributed by atoms with Crippen LogP contribution >= 0.6 is 11.6 Å². The number of amides is 1. The fourth-order valence-corrected chi connectivity index (χ4v) is 2.77. The fraction of sp³-hybridized carbons (Fsp3) is 0.923. The standard InChI is InChI=1S/C13H24ClNO3/c1-17-6-7-18-10-13(16)15-9-12-5-3-2-4-11(12)8-14/h11-12H,2-10H2,1H3,(H,15,16). The first-order chi connectivity index (χ1) is 8.77. The number of carbonyl (C=O) groups excluding carboxylic acids is 1. The molecule has 0 heterocycles. The molecule has 0 aromatic rings. The molecule has 0 bridgehead atoms. The van der Waals surface area contributed by atoms with Crippen LogP contribution in [0.1, 0.15) is 25.7 Å². The third kappa shape index (κ3) is 6.03. The van der Waals surface area contributed by atoms with Crippen LogP contribution in [0.25, 0.3) is 0 Å². The number of hydrogen-bond donors (Lipinski definition) is 1. The molecule has 0 saturated heterocycles. The van der Waals surface area contributed by atoms with E-state index in [1.54, 1.807) is 7.11 Å². The number of rotatable bonds is 8. The van der Waals surface area contributed by atoms with Crippen molar-refractivity contribution < 1.29 is 14.3 Å². The second-order valence-electron chi connectivity index (χ2n) is 4.81. The highest BCUT2D eigenvalue weighted by molar-refractivity contribution is 6.18. The van der Waals surface area contributed by atoms with Gasteiger partial charge in [-0.3, -0.25) is 4.79 Å². The molecule has 0 radical (unpaired) electrons. The molecule has 106 valence electrons. The molecule has 0 aliphatic heterocycles. The first kappa shape index (κ1) is 15.7. The van der Waals surface area contributed by atoms with Gasteiger partial charge < -0.3 is 14.8 Å². The molecule has 2 atom stereocenters. The normalized spacial score (nSPS) is 23.9. The van der Waals surface area contributed by atoms with E-state index < -0.39 is 0 Å². The zero-order chi connectivity index (χ0) is 13.2. The van der Waals surface area contributed by atoms with Crippen molar-refractivity contribution in [1.29, 1.82) is 0 Å². The summed E-state index contributed by atoms with van der Waals surface area (Å²) in [5, 5.41) is 2.93. The first-order valence-electron chi connectivity index (χ1n) is 6.67. The molecule has 1 saturated carbocycles. The number of hydrogen-bond acceptors (Lipinski definition) is 3. The van der Waals surface area contributed by atoms with Crippen LogP contribution in [0, 0.1) is 11.8 Å². The topological polar surface area (TPSA) is 47.6 Å². The van der Waals surface area contributed by atoms with Crippen LogP contribution in [0.5, 0.6) is 0 Å². The predicted molar refractivity (Wildman–Crippen MR) is 71.9 cm³/mol. The lowest BCUT2D eigenvalue weighted by Crippen LogP contribution is -2.36. The predicted octanol–water partition coefficient (Wildman–Crippen LogP) is 1.81. The quantitative estimate of drug-likeness (QED) is 0.544. The van der Waals surface area contributed by atoms with Crippen molar-refractivity contribution in [1.82, 2.24) is 5.32 Å². The minimum absolute atomic E-state index is 0.0509. The molecule has 1 rings (SSSR count). The minimum atomic E-state index is -0.0509. The van der Waals surface area contributed by atoms with Gasteiger partial charge in [-0.05, 0) is 24.7 Å². The van der Waals surface area contributed by atoms with Gasteiger partial charge in [0, 0.05) is 19.5 Å². The highest BCUT2D eigenvalue weighted by Crippen LogP contribution is 2.30. The third-order valence-corrected chi connectivity index (χ3v) is 3.89. The van der Waals surface area contributed by atoms with Gasteiger partial charge in [0.25, 0.3) is 0 Å². The Kier molecular flexibility index (Phi) is 8.38. The van der Waals surface area contributed by atoms with Crippen LogP contribution in [-0.4, -0.2) is 45.3 Å². The Morgan fingerprint density at radius 3 is 2.67 bits per heavy atom. The monoisotopic (exact) mass is 277 g/mol. The molecule has 1 aliphatic rings. The molecule has 1 aliphatic carbocycles. The second-order valence-corrected chi connectivity index (χ2v) is 5.12. The lowest BCUT2D eigenvalue weighted by molar-refractivity contribution is -0.126. The van der Waals surface area contributed by atoms with E-state index in [1.807, 2.05) is 0 Å². The number of ether oxygens (including phenoxy) is 2. The number of halogens is 1. The smallest absolute Gasteiger partial charge is 0.246 e. The maximum atomic E-state index is 11.5. The number of carbonyl (C=O) groups is 1. The Morgan fingerprint density at radius 1 is 1.28 bits per heavy atom. The molecule has 1 N–H and O–H groups in total. The Balaban J connectivity index is 2.12. The van der Waals surface area contributed by atoms with E-state index in [9.17, 15) is 4.79 Å².